The van der Waals surface area contributed by atoms with Gasteiger partial charge in [-0.3, -0.25) is 4.79 Å². The first-order chi connectivity index (χ1) is 14.3. The van der Waals surface area contributed by atoms with Crippen molar-refractivity contribution >= 4 is 29.8 Å². The molecule has 0 bridgehead atoms. The third kappa shape index (κ3) is 3.93. The number of benzene rings is 2. The van der Waals surface area contributed by atoms with Gasteiger partial charge in [-0.25, -0.2) is 18.6 Å². The van der Waals surface area contributed by atoms with Gasteiger partial charge in [-0.1, -0.05) is 11.6 Å². The molecule has 1 atom stereocenters. The van der Waals surface area contributed by atoms with Gasteiger partial charge in [0.25, 0.3) is 0 Å². The highest BCUT2D eigenvalue weighted by molar-refractivity contribution is 6.33. The van der Waals surface area contributed by atoms with E-state index in [4.69, 9.17) is 22.1 Å². The minimum Gasteiger partial charge on any atom is -0.487 e. The van der Waals surface area contributed by atoms with Crippen LogP contribution in [-0.2, 0) is 0 Å². The van der Waals surface area contributed by atoms with Gasteiger partial charge >= 0.3 is 6.03 Å². The maximum atomic E-state index is 13.6. The molecule has 2 N–H and O–H groups in total. The van der Waals surface area contributed by atoms with Crippen molar-refractivity contribution in [1.29, 1.82) is 0 Å². The minimum absolute atomic E-state index is 0.184. The molecule has 3 amide bonds. The summed E-state index contributed by atoms with van der Waals surface area (Å²) in [7, 11) is 0. The Labute approximate surface area is 175 Å². The number of carbonyl (C=O) groups excluding carboxylic acids is 2. The molecule has 0 saturated carbocycles. The molecular weight excluding hydrogens is 418 g/mol. The van der Waals surface area contributed by atoms with Gasteiger partial charge in [-0.05, 0) is 35.9 Å². The van der Waals surface area contributed by atoms with Gasteiger partial charge in [-0.2, -0.15) is 5.10 Å². The van der Waals surface area contributed by atoms with Gasteiger partial charge in [0.1, 0.15) is 23.5 Å². The van der Waals surface area contributed by atoms with Crippen molar-refractivity contribution in [3.8, 4) is 5.75 Å². The molecule has 0 radical (unpaired) electrons. The van der Waals surface area contributed by atoms with Gasteiger partial charge in [0.05, 0.1) is 29.7 Å². The molecule has 7 nitrogen and oxygen atoms in total. The lowest BCUT2D eigenvalue weighted by molar-refractivity contribution is 0.0277. The smallest absolute Gasteiger partial charge is 0.341 e. The molecule has 0 aliphatic carbocycles. The third-order valence-corrected chi connectivity index (χ3v) is 5.24. The number of carbonyl (C=O) groups is 2. The van der Waals surface area contributed by atoms with E-state index in [1.807, 2.05) is 0 Å². The molecule has 10 heteroatoms. The predicted octanol–water partition coefficient (Wildman–Crippen LogP) is 3.33. The van der Waals surface area contributed by atoms with E-state index in [2.05, 4.69) is 5.10 Å². The Morgan fingerprint density at radius 3 is 2.47 bits per heavy atom. The van der Waals surface area contributed by atoms with Crippen LogP contribution in [0.3, 0.4) is 0 Å². The molecule has 2 aliphatic heterocycles. The van der Waals surface area contributed by atoms with Gasteiger partial charge in [0, 0.05) is 18.7 Å². The van der Waals surface area contributed by atoms with Crippen molar-refractivity contribution in [2.24, 2.45) is 10.8 Å². The number of nitrogens with two attached hydrogens (primary N) is 1. The van der Waals surface area contributed by atoms with Crippen molar-refractivity contribution in [3.63, 3.8) is 0 Å². The quantitative estimate of drug-likeness (QED) is 0.800. The summed E-state index contributed by atoms with van der Waals surface area (Å²) in [6.07, 6.45) is 1.65. The molecule has 1 fully saturated rings. The van der Waals surface area contributed by atoms with Crippen molar-refractivity contribution in [2.45, 2.75) is 18.6 Å². The van der Waals surface area contributed by atoms with Crippen LogP contribution in [0.15, 0.2) is 41.5 Å². The second kappa shape index (κ2) is 7.91. The highest BCUT2D eigenvalue weighted by Gasteiger charge is 2.39. The lowest BCUT2D eigenvalue weighted by Crippen LogP contribution is -2.58. The average Bonchev–Trinajstić information content (AvgIpc) is 3.12. The maximum Gasteiger partial charge on any atom is 0.341 e. The van der Waals surface area contributed by atoms with Crippen LogP contribution in [0.1, 0.15) is 28.4 Å². The minimum atomic E-state index is -0.706. The summed E-state index contributed by atoms with van der Waals surface area (Å²) in [6, 6.07) is 6.78. The Bertz CT molecular complexity index is 1020. The lowest BCUT2D eigenvalue weighted by Gasteiger charge is -2.41. The molecule has 4 rings (SSSR count). The van der Waals surface area contributed by atoms with E-state index in [1.165, 1.54) is 34.2 Å². The topological polar surface area (TPSA) is 88.2 Å². The molecule has 1 saturated heterocycles. The van der Waals surface area contributed by atoms with Crippen molar-refractivity contribution in [1.82, 2.24) is 9.91 Å². The number of hydrazone groups is 1. The monoisotopic (exact) mass is 434 g/mol. The summed E-state index contributed by atoms with van der Waals surface area (Å²) < 4.78 is 32.9. The first kappa shape index (κ1) is 20.1. The fourth-order valence-electron chi connectivity index (χ4n) is 3.42. The maximum absolute atomic E-state index is 13.6. The Morgan fingerprint density at radius 1 is 1.13 bits per heavy atom. The molecule has 2 aromatic rings. The number of hydrogen-bond acceptors (Lipinski definition) is 4. The van der Waals surface area contributed by atoms with Crippen molar-refractivity contribution in [3.05, 3.63) is 64.2 Å². The summed E-state index contributed by atoms with van der Waals surface area (Å²) >= 11 is 6.01. The molecule has 2 aromatic carbocycles. The summed E-state index contributed by atoms with van der Waals surface area (Å²) in [5, 5.41) is 5.48. The van der Waals surface area contributed by atoms with Crippen LogP contribution in [0.2, 0.25) is 5.02 Å². The zero-order valence-corrected chi connectivity index (χ0v) is 16.4. The van der Waals surface area contributed by atoms with Crippen LogP contribution in [-0.4, -0.2) is 47.3 Å². The van der Waals surface area contributed by atoms with E-state index in [0.29, 0.717) is 30.8 Å². The van der Waals surface area contributed by atoms with Gasteiger partial charge in [0.2, 0.25) is 5.91 Å². The number of likely N-dealkylation sites (tertiary alicyclic amines) is 1. The third-order valence-electron chi connectivity index (χ3n) is 4.92. The number of hydrogen-bond donors (Lipinski definition) is 1. The predicted molar refractivity (Wildman–Crippen MR) is 105 cm³/mol. The number of rotatable bonds is 4. The largest absolute Gasteiger partial charge is 0.487 e. The Kier molecular flexibility index (Phi) is 5.29. The van der Waals surface area contributed by atoms with Gasteiger partial charge in [-0.15, -0.1) is 0 Å². The fourth-order valence-corrected chi connectivity index (χ4v) is 3.68. The van der Waals surface area contributed by atoms with Crippen LogP contribution < -0.4 is 10.5 Å². The molecule has 0 aromatic heterocycles. The van der Waals surface area contributed by atoms with Crippen LogP contribution in [0.4, 0.5) is 13.6 Å². The van der Waals surface area contributed by atoms with E-state index < -0.39 is 23.6 Å². The van der Waals surface area contributed by atoms with E-state index in [-0.39, 0.29) is 22.7 Å². The van der Waals surface area contributed by atoms with E-state index in [9.17, 15) is 18.4 Å². The van der Waals surface area contributed by atoms with Crippen LogP contribution in [0.25, 0.3) is 0 Å². The molecule has 156 valence electrons. The molecule has 1 unspecified atom stereocenters. The Morgan fingerprint density at radius 2 is 1.83 bits per heavy atom. The second-order valence-corrected chi connectivity index (χ2v) is 7.44. The molecule has 0 spiro atoms. The number of primary amides is 1. The van der Waals surface area contributed by atoms with E-state index in [0.717, 1.165) is 6.07 Å². The molecular formula is C20H17ClF2N4O3. The highest BCUT2D eigenvalue weighted by atomic mass is 35.5. The standard InChI is InChI=1S/C20H17ClF2N4O3/c21-17-8-14(1-2-16(17)19(24)28)30-15-9-26(10-15)20(29)27-18(3-4-25-27)11-5-12(22)7-13(23)6-11/h1-2,4-8,15,18H,3,9-10H2,(H2,24,28). The van der Waals surface area contributed by atoms with Crippen LogP contribution in [0, 0.1) is 11.6 Å². The number of ether oxygens (including phenoxy) is 1. The molecule has 30 heavy (non-hydrogen) atoms. The first-order valence-electron chi connectivity index (χ1n) is 9.14. The number of nitrogens with zero attached hydrogens (tertiary/aromatic N) is 3. The lowest BCUT2D eigenvalue weighted by atomic mass is 10.0. The van der Waals surface area contributed by atoms with E-state index >= 15 is 0 Å². The van der Waals surface area contributed by atoms with E-state index in [1.54, 1.807) is 12.3 Å². The summed E-state index contributed by atoms with van der Waals surface area (Å²) in [6.45, 7) is 0.620. The zero-order valence-electron chi connectivity index (χ0n) is 15.6. The first-order valence-corrected chi connectivity index (χ1v) is 9.52. The zero-order chi connectivity index (χ0) is 21.4. The fraction of sp³-hybridized carbons (Fsp3) is 0.250. The summed E-state index contributed by atoms with van der Waals surface area (Å²) in [5.74, 6) is -1.59. The number of halogens is 3. The van der Waals surface area contributed by atoms with Crippen molar-refractivity contribution < 1.29 is 23.1 Å². The number of urea groups is 1. The summed E-state index contributed by atoms with van der Waals surface area (Å²) in [5.41, 5.74) is 5.76. The SMILES string of the molecule is NC(=O)c1ccc(OC2CN(C(=O)N3N=CCC3c3cc(F)cc(F)c3)C2)cc1Cl. The Balaban J connectivity index is 1.37. The second-order valence-electron chi connectivity index (χ2n) is 7.03. The average molecular weight is 435 g/mol. The molecule has 2 heterocycles. The van der Waals surface area contributed by atoms with Gasteiger partial charge < -0.3 is 15.4 Å². The summed E-state index contributed by atoms with van der Waals surface area (Å²) in [4.78, 5) is 25.5. The van der Waals surface area contributed by atoms with Crippen LogP contribution >= 0.6 is 11.6 Å². The number of amides is 3. The van der Waals surface area contributed by atoms with Crippen LogP contribution in [0.5, 0.6) is 5.75 Å². The molecule has 2 aliphatic rings. The highest BCUT2D eigenvalue weighted by Crippen LogP contribution is 2.32. The van der Waals surface area contributed by atoms with Gasteiger partial charge in [0.15, 0.2) is 0 Å². The van der Waals surface area contributed by atoms with Crippen molar-refractivity contribution in [2.75, 3.05) is 13.1 Å². The Hall–Kier alpha value is -3.20. The normalized spacial score (nSPS) is 18.4.